The molecule has 1 aliphatic rings. The molecule has 0 aliphatic carbocycles. The summed E-state index contributed by atoms with van der Waals surface area (Å²) < 4.78 is 5.34. The van der Waals surface area contributed by atoms with Crippen molar-refractivity contribution < 1.29 is 4.74 Å². The minimum absolute atomic E-state index is 0.248. The molecule has 0 atom stereocenters. The maximum Gasteiger partial charge on any atom is 0.0954 e. The molecule has 0 radical (unpaired) electrons. The van der Waals surface area contributed by atoms with Crippen LogP contribution in [0.4, 0.5) is 0 Å². The molecular formula is C11H18N2OS. The van der Waals surface area contributed by atoms with Crippen molar-refractivity contribution in [2.75, 3.05) is 13.2 Å². The molecule has 84 valence electrons. The average molecular weight is 226 g/mol. The monoisotopic (exact) mass is 226 g/mol. The van der Waals surface area contributed by atoms with Crippen LogP contribution in [0.25, 0.3) is 0 Å². The highest BCUT2D eigenvalue weighted by Crippen LogP contribution is 2.31. The Kier molecular flexibility index (Phi) is 3.09. The van der Waals surface area contributed by atoms with Crippen molar-refractivity contribution in [3.63, 3.8) is 0 Å². The Morgan fingerprint density at radius 3 is 2.67 bits per heavy atom. The number of rotatable bonds is 2. The molecule has 1 aromatic rings. The highest BCUT2D eigenvalue weighted by Gasteiger charge is 2.32. The first-order chi connectivity index (χ1) is 7.12. The Morgan fingerprint density at radius 1 is 1.47 bits per heavy atom. The summed E-state index contributed by atoms with van der Waals surface area (Å²) in [6.45, 7) is 5.83. The summed E-state index contributed by atoms with van der Waals surface area (Å²) in [5, 5.41) is 3.29. The molecule has 0 bridgehead atoms. The van der Waals surface area contributed by atoms with Crippen molar-refractivity contribution in [1.29, 1.82) is 0 Å². The highest BCUT2D eigenvalue weighted by atomic mass is 32.1. The summed E-state index contributed by atoms with van der Waals surface area (Å²) >= 11 is 1.72. The van der Waals surface area contributed by atoms with Gasteiger partial charge in [-0.3, -0.25) is 0 Å². The third-order valence-electron chi connectivity index (χ3n) is 2.91. The van der Waals surface area contributed by atoms with Gasteiger partial charge in [-0.1, -0.05) is 13.8 Å². The maximum absolute atomic E-state index is 6.36. The van der Waals surface area contributed by atoms with Gasteiger partial charge in [0.2, 0.25) is 0 Å². The van der Waals surface area contributed by atoms with Gasteiger partial charge in [0.15, 0.2) is 0 Å². The third-order valence-corrected chi connectivity index (χ3v) is 4.06. The molecule has 0 unspecified atom stereocenters. The zero-order valence-corrected chi connectivity index (χ0v) is 10.1. The summed E-state index contributed by atoms with van der Waals surface area (Å²) in [6.07, 6.45) is 1.77. The predicted molar refractivity (Wildman–Crippen MR) is 62.1 cm³/mol. The van der Waals surface area contributed by atoms with E-state index in [0.29, 0.717) is 5.92 Å². The van der Waals surface area contributed by atoms with Gasteiger partial charge in [0.05, 0.1) is 16.2 Å². The van der Waals surface area contributed by atoms with E-state index >= 15 is 0 Å². The van der Waals surface area contributed by atoms with Gasteiger partial charge in [0.1, 0.15) is 0 Å². The van der Waals surface area contributed by atoms with Gasteiger partial charge in [-0.2, -0.15) is 0 Å². The molecule has 2 heterocycles. The number of nitrogens with zero attached hydrogens (tertiary/aromatic N) is 1. The van der Waals surface area contributed by atoms with Gasteiger partial charge in [-0.05, 0) is 12.8 Å². The number of nitrogens with two attached hydrogens (primary N) is 1. The summed E-state index contributed by atoms with van der Waals surface area (Å²) in [6, 6.07) is 0. The van der Waals surface area contributed by atoms with E-state index in [4.69, 9.17) is 10.5 Å². The van der Waals surface area contributed by atoms with Crippen LogP contribution in [0.2, 0.25) is 0 Å². The Hall–Kier alpha value is -0.450. The van der Waals surface area contributed by atoms with Crippen molar-refractivity contribution >= 4 is 11.3 Å². The van der Waals surface area contributed by atoms with E-state index in [0.717, 1.165) is 31.7 Å². The van der Waals surface area contributed by atoms with Crippen molar-refractivity contribution in [2.24, 2.45) is 5.73 Å². The van der Waals surface area contributed by atoms with Crippen LogP contribution in [0.15, 0.2) is 5.38 Å². The van der Waals surface area contributed by atoms with Crippen molar-refractivity contribution in [3.8, 4) is 0 Å². The number of thiazole rings is 1. The fraction of sp³-hybridized carbons (Fsp3) is 0.727. The molecule has 1 aliphatic heterocycles. The zero-order chi connectivity index (χ0) is 10.9. The number of aromatic nitrogens is 1. The first-order valence-corrected chi connectivity index (χ1v) is 6.32. The van der Waals surface area contributed by atoms with Gasteiger partial charge < -0.3 is 10.5 Å². The van der Waals surface area contributed by atoms with Crippen LogP contribution in [-0.2, 0) is 10.3 Å². The molecule has 1 aromatic heterocycles. The largest absolute Gasteiger partial charge is 0.381 e. The molecule has 3 nitrogen and oxygen atoms in total. The molecule has 1 saturated heterocycles. The topological polar surface area (TPSA) is 48.1 Å². The van der Waals surface area contributed by atoms with Gasteiger partial charge in [0, 0.05) is 24.5 Å². The average Bonchev–Trinajstić information content (AvgIpc) is 2.68. The zero-order valence-electron chi connectivity index (χ0n) is 9.32. The van der Waals surface area contributed by atoms with Gasteiger partial charge in [-0.25, -0.2) is 4.98 Å². The van der Waals surface area contributed by atoms with Gasteiger partial charge in [-0.15, -0.1) is 11.3 Å². The number of ether oxygens (including phenoxy) is 1. The van der Waals surface area contributed by atoms with E-state index in [9.17, 15) is 0 Å². The first-order valence-electron chi connectivity index (χ1n) is 5.44. The van der Waals surface area contributed by atoms with Crippen LogP contribution in [0, 0.1) is 0 Å². The van der Waals surface area contributed by atoms with E-state index in [2.05, 4.69) is 24.2 Å². The Labute approximate surface area is 94.7 Å². The van der Waals surface area contributed by atoms with Gasteiger partial charge in [0.25, 0.3) is 0 Å². The van der Waals surface area contributed by atoms with Crippen molar-refractivity contribution in [1.82, 2.24) is 4.98 Å². The van der Waals surface area contributed by atoms with Crippen LogP contribution in [0.3, 0.4) is 0 Å². The predicted octanol–water partition coefficient (Wildman–Crippen LogP) is 2.23. The SMILES string of the molecule is CC(C)c1nc(C2(N)CCOCC2)cs1. The van der Waals surface area contributed by atoms with Crippen LogP contribution < -0.4 is 5.73 Å². The molecule has 0 spiro atoms. The maximum atomic E-state index is 6.36. The van der Waals surface area contributed by atoms with E-state index in [-0.39, 0.29) is 5.54 Å². The summed E-state index contributed by atoms with van der Waals surface area (Å²) in [5.74, 6) is 0.493. The second-order valence-corrected chi connectivity index (χ2v) is 5.38. The second-order valence-electron chi connectivity index (χ2n) is 4.49. The Balaban J connectivity index is 2.20. The van der Waals surface area contributed by atoms with Crippen molar-refractivity contribution in [2.45, 2.75) is 38.1 Å². The fourth-order valence-corrected chi connectivity index (χ4v) is 2.72. The third kappa shape index (κ3) is 2.22. The van der Waals surface area contributed by atoms with E-state index in [1.165, 1.54) is 5.01 Å². The first kappa shape index (κ1) is 11.0. The van der Waals surface area contributed by atoms with Gasteiger partial charge >= 0.3 is 0 Å². The smallest absolute Gasteiger partial charge is 0.0954 e. The van der Waals surface area contributed by atoms with Crippen molar-refractivity contribution in [3.05, 3.63) is 16.1 Å². The minimum atomic E-state index is -0.248. The van der Waals surface area contributed by atoms with E-state index in [1.807, 2.05) is 0 Å². The molecule has 0 saturated carbocycles. The van der Waals surface area contributed by atoms with E-state index in [1.54, 1.807) is 11.3 Å². The highest BCUT2D eigenvalue weighted by molar-refractivity contribution is 7.09. The second kappa shape index (κ2) is 4.20. The molecular weight excluding hydrogens is 208 g/mol. The Bertz CT molecular complexity index is 329. The normalized spacial score (nSPS) is 20.8. The van der Waals surface area contributed by atoms with Crippen LogP contribution in [0.5, 0.6) is 0 Å². The summed E-state index contributed by atoms with van der Waals surface area (Å²) in [5.41, 5.74) is 7.16. The molecule has 1 fully saturated rings. The lowest BCUT2D eigenvalue weighted by Gasteiger charge is -2.31. The van der Waals surface area contributed by atoms with E-state index < -0.39 is 0 Å². The number of hydrogen-bond acceptors (Lipinski definition) is 4. The van der Waals surface area contributed by atoms with Crippen LogP contribution >= 0.6 is 11.3 Å². The standard InChI is InChI=1S/C11H18N2OS/c1-8(2)10-13-9(7-15-10)11(12)3-5-14-6-4-11/h7-8H,3-6,12H2,1-2H3. The van der Waals surface area contributed by atoms with Crippen LogP contribution in [0.1, 0.15) is 43.3 Å². The summed E-state index contributed by atoms with van der Waals surface area (Å²) in [4.78, 5) is 4.64. The summed E-state index contributed by atoms with van der Waals surface area (Å²) in [7, 11) is 0. The number of hydrogen-bond donors (Lipinski definition) is 1. The minimum Gasteiger partial charge on any atom is -0.381 e. The molecule has 0 amide bonds. The molecule has 2 rings (SSSR count). The lowest BCUT2D eigenvalue weighted by molar-refractivity contribution is 0.0509. The molecule has 2 N–H and O–H groups in total. The fourth-order valence-electron chi connectivity index (χ4n) is 1.77. The molecule has 15 heavy (non-hydrogen) atoms. The lowest BCUT2D eigenvalue weighted by atomic mass is 9.88. The van der Waals surface area contributed by atoms with Crippen LogP contribution in [-0.4, -0.2) is 18.2 Å². The quantitative estimate of drug-likeness (QED) is 0.841. The lowest BCUT2D eigenvalue weighted by Crippen LogP contribution is -2.42. The Morgan fingerprint density at radius 2 is 2.13 bits per heavy atom. The molecule has 4 heteroatoms. The molecule has 0 aromatic carbocycles.